The van der Waals surface area contributed by atoms with E-state index in [0.717, 1.165) is 49.3 Å². The highest BCUT2D eigenvalue weighted by atomic mass is 35.5. The third-order valence-corrected chi connectivity index (χ3v) is 4.78. The fourth-order valence-corrected chi connectivity index (χ4v) is 3.07. The molecule has 0 radical (unpaired) electrons. The predicted octanol–water partition coefficient (Wildman–Crippen LogP) is 1.59. The highest BCUT2D eigenvalue weighted by molar-refractivity contribution is 6.31. The smallest absolute Gasteiger partial charge is 0.193 e. The van der Waals surface area contributed by atoms with Crippen molar-refractivity contribution in [3.05, 3.63) is 34.9 Å². The molecule has 0 bridgehead atoms. The minimum absolute atomic E-state index is 0.499. The number of rotatable bonds is 4. The van der Waals surface area contributed by atoms with Gasteiger partial charge in [0.25, 0.3) is 0 Å². The lowest BCUT2D eigenvalue weighted by Crippen LogP contribution is -2.55. The van der Waals surface area contributed by atoms with Crippen LogP contribution in [-0.2, 0) is 6.54 Å². The van der Waals surface area contributed by atoms with Gasteiger partial charge in [-0.05, 0) is 25.7 Å². The van der Waals surface area contributed by atoms with Crippen LogP contribution in [0.2, 0.25) is 5.02 Å². The average molecular weight is 338 g/mol. The Labute approximate surface area is 144 Å². The summed E-state index contributed by atoms with van der Waals surface area (Å²) in [5, 5.41) is 4.29. The molecule has 23 heavy (non-hydrogen) atoms. The Hall–Kier alpha value is -1.30. The fourth-order valence-electron chi connectivity index (χ4n) is 2.87. The normalized spacial score (nSPS) is 20.6. The minimum atomic E-state index is 0.499. The molecular weight excluding hydrogens is 310 g/mol. The number of aliphatic imine (C=N–C) groups is 1. The lowest BCUT2D eigenvalue weighted by molar-refractivity contribution is 0.116. The highest BCUT2D eigenvalue weighted by Crippen LogP contribution is 2.16. The summed E-state index contributed by atoms with van der Waals surface area (Å²) in [6, 6.07) is 8.44. The molecule has 1 saturated heterocycles. The van der Waals surface area contributed by atoms with Crippen LogP contribution in [0.5, 0.6) is 0 Å². The van der Waals surface area contributed by atoms with E-state index in [1.807, 2.05) is 32.3 Å². The zero-order chi connectivity index (χ0) is 16.8. The van der Waals surface area contributed by atoms with Crippen molar-refractivity contribution in [2.45, 2.75) is 12.6 Å². The number of nitrogens with one attached hydrogen (secondary N) is 1. The van der Waals surface area contributed by atoms with E-state index in [0.29, 0.717) is 6.04 Å². The quantitative estimate of drug-likeness (QED) is 0.668. The van der Waals surface area contributed by atoms with Crippen LogP contribution in [0.1, 0.15) is 5.56 Å². The summed E-state index contributed by atoms with van der Waals surface area (Å²) in [5.74, 6) is 0.895. The van der Waals surface area contributed by atoms with Crippen LogP contribution in [0.3, 0.4) is 0 Å². The van der Waals surface area contributed by atoms with Crippen LogP contribution in [0, 0.1) is 0 Å². The monoisotopic (exact) mass is 337 g/mol. The second-order valence-corrected chi connectivity index (χ2v) is 6.68. The Balaban J connectivity index is 1.90. The number of hydrogen-bond donors (Lipinski definition) is 1. The molecular formula is C17H28ClN5. The SMILES string of the molecule is CN=C(NCC1CN(C)CCN1C)N(C)Cc1ccccc1Cl. The van der Waals surface area contributed by atoms with Crippen molar-refractivity contribution in [3.8, 4) is 0 Å². The molecule has 1 N–H and O–H groups in total. The molecule has 1 fully saturated rings. The van der Waals surface area contributed by atoms with Gasteiger partial charge in [-0.25, -0.2) is 0 Å². The van der Waals surface area contributed by atoms with E-state index in [1.54, 1.807) is 0 Å². The van der Waals surface area contributed by atoms with Gasteiger partial charge in [-0.3, -0.25) is 9.89 Å². The summed E-state index contributed by atoms with van der Waals surface area (Å²) in [4.78, 5) is 11.3. The van der Waals surface area contributed by atoms with E-state index in [9.17, 15) is 0 Å². The number of benzene rings is 1. The van der Waals surface area contributed by atoms with Gasteiger partial charge in [0.15, 0.2) is 5.96 Å². The Morgan fingerprint density at radius 2 is 2.09 bits per heavy atom. The largest absolute Gasteiger partial charge is 0.355 e. The molecule has 0 aromatic heterocycles. The lowest BCUT2D eigenvalue weighted by Gasteiger charge is -2.38. The standard InChI is InChI=1S/C17H28ClN5/c1-19-17(20-11-15-13-21(2)9-10-22(15)3)23(4)12-14-7-5-6-8-16(14)18/h5-8,15H,9-13H2,1-4H3,(H,19,20). The second-order valence-electron chi connectivity index (χ2n) is 6.27. The molecule has 1 unspecified atom stereocenters. The van der Waals surface area contributed by atoms with E-state index < -0.39 is 0 Å². The number of piperazine rings is 1. The Morgan fingerprint density at radius 3 is 2.78 bits per heavy atom. The highest BCUT2D eigenvalue weighted by Gasteiger charge is 2.22. The summed E-state index contributed by atoms with van der Waals surface area (Å²) >= 11 is 6.25. The van der Waals surface area contributed by atoms with E-state index in [1.165, 1.54) is 0 Å². The Morgan fingerprint density at radius 1 is 1.35 bits per heavy atom. The predicted molar refractivity (Wildman–Crippen MR) is 98.2 cm³/mol. The van der Waals surface area contributed by atoms with Crippen molar-refractivity contribution in [1.82, 2.24) is 20.0 Å². The van der Waals surface area contributed by atoms with Crippen molar-refractivity contribution in [1.29, 1.82) is 0 Å². The van der Waals surface area contributed by atoms with E-state index in [-0.39, 0.29) is 0 Å². The maximum absolute atomic E-state index is 6.25. The molecule has 1 heterocycles. The first-order chi connectivity index (χ1) is 11.0. The van der Waals surface area contributed by atoms with E-state index in [2.05, 4.69) is 45.2 Å². The van der Waals surface area contributed by atoms with Crippen LogP contribution in [-0.4, -0.2) is 81.1 Å². The van der Waals surface area contributed by atoms with Gasteiger partial charge in [-0.15, -0.1) is 0 Å². The van der Waals surface area contributed by atoms with Gasteiger partial charge < -0.3 is 15.1 Å². The van der Waals surface area contributed by atoms with Crippen molar-refractivity contribution in [3.63, 3.8) is 0 Å². The number of halogens is 1. The van der Waals surface area contributed by atoms with Gasteiger partial charge in [-0.1, -0.05) is 29.8 Å². The first-order valence-electron chi connectivity index (χ1n) is 8.05. The maximum atomic E-state index is 6.25. The second kappa shape index (κ2) is 8.52. The van der Waals surface area contributed by atoms with Crippen molar-refractivity contribution < 1.29 is 0 Å². The minimum Gasteiger partial charge on any atom is -0.355 e. The molecule has 0 amide bonds. The molecule has 128 valence electrons. The van der Waals surface area contributed by atoms with Crippen LogP contribution in [0.25, 0.3) is 0 Å². The van der Waals surface area contributed by atoms with Crippen LogP contribution < -0.4 is 5.32 Å². The van der Waals surface area contributed by atoms with Crippen LogP contribution in [0.4, 0.5) is 0 Å². The van der Waals surface area contributed by atoms with Gasteiger partial charge in [0.1, 0.15) is 0 Å². The maximum Gasteiger partial charge on any atom is 0.193 e. The van der Waals surface area contributed by atoms with Gasteiger partial charge in [-0.2, -0.15) is 0 Å². The summed E-state index contributed by atoms with van der Waals surface area (Å²) in [6.45, 7) is 4.94. The topological polar surface area (TPSA) is 34.1 Å². The first-order valence-corrected chi connectivity index (χ1v) is 8.43. The molecule has 5 nitrogen and oxygen atoms in total. The first kappa shape index (κ1) is 18.0. The zero-order valence-corrected chi connectivity index (χ0v) is 15.3. The molecule has 1 aliphatic heterocycles. The van der Waals surface area contributed by atoms with Gasteiger partial charge in [0.2, 0.25) is 0 Å². The number of guanidine groups is 1. The number of nitrogens with zero attached hydrogens (tertiary/aromatic N) is 4. The molecule has 0 aliphatic carbocycles. The molecule has 2 rings (SSSR count). The molecule has 0 spiro atoms. The van der Waals surface area contributed by atoms with Gasteiger partial charge in [0.05, 0.1) is 0 Å². The molecule has 1 aromatic rings. The number of likely N-dealkylation sites (N-methyl/N-ethyl adjacent to an activating group) is 2. The molecule has 1 atom stereocenters. The van der Waals surface area contributed by atoms with Gasteiger partial charge in [0, 0.05) is 57.9 Å². The van der Waals surface area contributed by atoms with E-state index >= 15 is 0 Å². The Kier molecular flexibility index (Phi) is 6.69. The Bertz CT molecular complexity index is 533. The average Bonchev–Trinajstić information content (AvgIpc) is 2.53. The molecule has 0 saturated carbocycles. The number of hydrogen-bond acceptors (Lipinski definition) is 3. The molecule has 1 aromatic carbocycles. The molecule has 1 aliphatic rings. The van der Waals surface area contributed by atoms with Crippen molar-refractivity contribution >= 4 is 17.6 Å². The summed E-state index contributed by atoms with van der Waals surface area (Å²) in [5.41, 5.74) is 1.11. The fraction of sp³-hybridized carbons (Fsp3) is 0.588. The van der Waals surface area contributed by atoms with Crippen molar-refractivity contribution in [2.24, 2.45) is 4.99 Å². The molecule has 6 heteroatoms. The van der Waals surface area contributed by atoms with Gasteiger partial charge >= 0.3 is 0 Å². The summed E-state index contributed by atoms with van der Waals surface area (Å²) < 4.78 is 0. The lowest BCUT2D eigenvalue weighted by atomic mass is 10.2. The third-order valence-electron chi connectivity index (χ3n) is 4.41. The summed E-state index contributed by atoms with van der Waals surface area (Å²) in [6.07, 6.45) is 0. The van der Waals surface area contributed by atoms with Crippen LogP contribution in [0.15, 0.2) is 29.3 Å². The van der Waals surface area contributed by atoms with Crippen molar-refractivity contribution in [2.75, 3.05) is 54.4 Å². The van der Waals surface area contributed by atoms with E-state index in [4.69, 9.17) is 11.6 Å². The summed E-state index contributed by atoms with van der Waals surface area (Å²) in [7, 11) is 8.23. The third kappa shape index (κ3) is 5.09. The van der Waals surface area contributed by atoms with Crippen LogP contribution >= 0.6 is 11.6 Å². The zero-order valence-electron chi connectivity index (χ0n) is 14.6.